The molecule has 0 saturated carbocycles. The van der Waals surface area contributed by atoms with Gasteiger partial charge >= 0.3 is 0 Å². The largest absolute Gasteiger partial charge is 0.359 e. The third-order valence-corrected chi connectivity index (χ3v) is 4.37. The van der Waals surface area contributed by atoms with Gasteiger partial charge in [0, 0.05) is 58.6 Å². The van der Waals surface area contributed by atoms with Gasteiger partial charge in [0.25, 0.3) is 0 Å². The van der Waals surface area contributed by atoms with Crippen LogP contribution in [0.15, 0.2) is 23.5 Å². The Morgan fingerprint density at radius 3 is 2.79 bits per heavy atom. The van der Waals surface area contributed by atoms with E-state index in [1.807, 2.05) is 16.9 Å². The molecule has 0 aromatic carbocycles. The maximum Gasteiger partial charge on any atom is 0.220 e. The van der Waals surface area contributed by atoms with Crippen molar-refractivity contribution in [3.63, 3.8) is 0 Å². The van der Waals surface area contributed by atoms with Gasteiger partial charge in [0.05, 0.1) is 0 Å². The lowest BCUT2D eigenvalue weighted by molar-refractivity contribution is -0.121. The molecular formula is C17H30N6O. The van der Waals surface area contributed by atoms with Crippen LogP contribution in [0.5, 0.6) is 0 Å². The highest BCUT2D eigenvalue weighted by Gasteiger charge is 2.22. The molecule has 0 atom stereocenters. The van der Waals surface area contributed by atoms with Crippen molar-refractivity contribution in [1.29, 1.82) is 0 Å². The van der Waals surface area contributed by atoms with Crippen molar-refractivity contribution in [1.82, 2.24) is 25.3 Å². The fraction of sp³-hybridized carbons (Fsp3) is 0.706. The fourth-order valence-electron chi connectivity index (χ4n) is 2.99. The van der Waals surface area contributed by atoms with Crippen LogP contribution in [0.1, 0.15) is 32.6 Å². The second-order valence-electron chi connectivity index (χ2n) is 6.17. The van der Waals surface area contributed by atoms with E-state index in [2.05, 4.69) is 27.6 Å². The summed E-state index contributed by atoms with van der Waals surface area (Å²) in [5.74, 6) is 1.63. The highest BCUT2D eigenvalue weighted by atomic mass is 16.1. The van der Waals surface area contributed by atoms with Crippen LogP contribution in [0.4, 0.5) is 0 Å². The number of carbonyl (C=O) groups excluding carboxylic acids is 1. The summed E-state index contributed by atoms with van der Waals surface area (Å²) in [6, 6.07) is 1.94. The monoisotopic (exact) mass is 334 g/mol. The molecule has 0 radical (unpaired) electrons. The highest BCUT2D eigenvalue weighted by molar-refractivity contribution is 5.80. The van der Waals surface area contributed by atoms with Gasteiger partial charge in [0.1, 0.15) is 0 Å². The van der Waals surface area contributed by atoms with Gasteiger partial charge in [-0.15, -0.1) is 0 Å². The van der Waals surface area contributed by atoms with Crippen molar-refractivity contribution in [3.8, 4) is 0 Å². The minimum absolute atomic E-state index is 0.146. The Balaban J connectivity index is 1.77. The lowest BCUT2D eigenvalue weighted by atomic mass is 9.93. The number of hydrogen-bond acceptors (Lipinski definition) is 3. The lowest BCUT2D eigenvalue weighted by Gasteiger charge is -2.34. The number of carbonyl (C=O) groups is 1. The Morgan fingerprint density at radius 1 is 1.38 bits per heavy atom. The van der Waals surface area contributed by atoms with Gasteiger partial charge in [-0.1, -0.05) is 0 Å². The SMILES string of the molecule is CCNC(=NCCCn1cccn1)N1CCC(CC(=O)NC)CC1. The van der Waals surface area contributed by atoms with Crippen molar-refractivity contribution < 1.29 is 4.79 Å². The summed E-state index contributed by atoms with van der Waals surface area (Å²) in [6.45, 7) is 6.58. The zero-order chi connectivity index (χ0) is 17.2. The summed E-state index contributed by atoms with van der Waals surface area (Å²) < 4.78 is 1.94. The minimum atomic E-state index is 0.146. The predicted molar refractivity (Wildman–Crippen MR) is 95.8 cm³/mol. The average molecular weight is 334 g/mol. The molecule has 2 heterocycles. The molecule has 1 fully saturated rings. The average Bonchev–Trinajstić information content (AvgIpc) is 3.12. The third kappa shape index (κ3) is 5.86. The molecule has 1 aliphatic rings. The number of likely N-dealkylation sites (tertiary alicyclic amines) is 1. The summed E-state index contributed by atoms with van der Waals surface area (Å²) >= 11 is 0. The number of aromatic nitrogens is 2. The number of piperidine rings is 1. The predicted octanol–water partition coefficient (Wildman–Crippen LogP) is 1.09. The quantitative estimate of drug-likeness (QED) is 0.445. The summed E-state index contributed by atoms with van der Waals surface area (Å²) in [5.41, 5.74) is 0. The van der Waals surface area contributed by atoms with E-state index in [-0.39, 0.29) is 5.91 Å². The Labute approximate surface area is 144 Å². The minimum Gasteiger partial charge on any atom is -0.359 e. The molecule has 0 aliphatic carbocycles. The molecule has 2 rings (SSSR count). The van der Waals surface area contributed by atoms with Crippen molar-refractivity contribution in [3.05, 3.63) is 18.5 Å². The summed E-state index contributed by atoms with van der Waals surface area (Å²) in [7, 11) is 1.71. The molecule has 0 unspecified atom stereocenters. The van der Waals surface area contributed by atoms with Crippen molar-refractivity contribution in [2.75, 3.05) is 33.2 Å². The number of nitrogens with zero attached hydrogens (tertiary/aromatic N) is 4. The molecule has 24 heavy (non-hydrogen) atoms. The van der Waals surface area contributed by atoms with Crippen LogP contribution in [0, 0.1) is 5.92 Å². The molecule has 134 valence electrons. The van der Waals surface area contributed by atoms with E-state index in [4.69, 9.17) is 4.99 Å². The van der Waals surface area contributed by atoms with Gasteiger partial charge in [0.15, 0.2) is 5.96 Å². The number of aryl methyl sites for hydroxylation is 1. The van der Waals surface area contributed by atoms with Crippen LogP contribution >= 0.6 is 0 Å². The number of hydrogen-bond donors (Lipinski definition) is 2. The number of amides is 1. The van der Waals surface area contributed by atoms with Crippen LogP contribution in [-0.2, 0) is 11.3 Å². The molecule has 0 spiro atoms. The summed E-state index contributed by atoms with van der Waals surface area (Å²) in [5, 5.41) is 10.3. The topological polar surface area (TPSA) is 74.5 Å². The number of nitrogens with one attached hydrogen (secondary N) is 2. The molecule has 1 aromatic heterocycles. The third-order valence-electron chi connectivity index (χ3n) is 4.37. The molecule has 1 aromatic rings. The smallest absolute Gasteiger partial charge is 0.220 e. The Kier molecular flexibility index (Phi) is 7.58. The van der Waals surface area contributed by atoms with E-state index in [0.717, 1.165) is 57.9 Å². The fourth-order valence-corrected chi connectivity index (χ4v) is 2.99. The molecular weight excluding hydrogens is 304 g/mol. The van der Waals surface area contributed by atoms with Gasteiger partial charge < -0.3 is 15.5 Å². The van der Waals surface area contributed by atoms with Crippen molar-refractivity contribution in [2.24, 2.45) is 10.9 Å². The van der Waals surface area contributed by atoms with Gasteiger partial charge in [-0.25, -0.2) is 0 Å². The second-order valence-corrected chi connectivity index (χ2v) is 6.17. The molecule has 7 heteroatoms. The van der Waals surface area contributed by atoms with Crippen LogP contribution in [0.2, 0.25) is 0 Å². The maximum absolute atomic E-state index is 11.5. The van der Waals surface area contributed by atoms with E-state index in [0.29, 0.717) is 12.3 Å². The Bertz CT molecular complexity index is 505. The Hall–Kier alpha value is -2.05. The zero-order valence-electron chi connectivity index (χ0n) is 14.9. The summed E-state index contributed by atoms with van der Waals surface area (Å²) in [4.78, 5) is 18.6. The van der Waals surface area contributed by atoms with Gasteiger partial charge in [-0.05, 0) is 38.2 Å². The van der Waals surface area contributed by atoms with E-state index >= 15 is 0 Å². The van der Waals surface area contributed by atoms with Crippen LogP contribution in [-0.4, -0.2) is 59.8 Å². The first kappa shape index (κ1) is 18.3. The molecule has 7 nitrogen and oxygen atoms in total. The van der Waals surface area contributed by atoms with Gasteiger partial charge in [-0.3, -0.25) is 14.5 Å². The van der Waals surface area contributed by atoms with Crippen LogP contribution < -0.4 is 10.6 Å². The Morgan fingerprint density at radius 2 is 2.17 bits per heavy atom. The van der Waals surface area contributed by atoms with Crippen LogP contribution in [0.25, 0.3) is 0 Å². The van der Waals surface area contributed by atoms with E-state index in [1.54, 1.807) is 13.2 Å². The number of aliphatic imine (C=N–C) groups is 1. The van der Waals surface area contributed by atoms with Gasteiger partial charge in [-0.2, -0.15) is 5.10 Å². The number of guanidine groups is 1. The zero-order valence-corrected chi connectivity index (χ0v) is 14.9. The lowest BCUT2D eigenvalue weighted by Crippen LogP contribution is -2.46. The molecule has 1 aliphatic heterocycles. The first-order valence-corrected chi connectivity index (χ1v) is 8.94. The first-order valence-electron chi connectivity index (χ1n) is 8.94. The molecule has 1 amide bonds. The molecule has 2 N–H and O–H groups in total. The number of rotatable bonds is 7. The summed E-state index contributed by atoms with van der Waals surface area (Å²) in [6.07, 6.45) is 7.49. The van der Waals surface area contributed by atoms with Gasteiger partial charge in [0.2, 0.25) is 5.91 Å². The normalized spacial score (nSPS) is 16.2. The van der Waals surface area contributed by atoms with Crippen molar-refractivity contribution in [2.45, 2.75) is 39.2 Å². The first-order chi connectivity index (χ1) is 11.7. The van der Waals surface area contributed by atoms with E-state index in [1.165, 1.54) is 0 Å². The highest BCUT2D eigenvalue weighted by Crippen LogP contribution is 2.20. The standard InChI is InChI=1S/C17H30N6O/c1-3-19-17(20-8-4-10-23-11-5-9-21-23)22-12-6-15(7-13-22)14-16(24)18-2/h5,9,11,15H,3-4,6-8,10,12-14H2,1-2H3,(H,18,24)(H,19,20). The second kappa shape index (κ2) is 9.95. The van der Waals surface area contributed by atoms with E-state index in [9.17, 15) is 4.79 Å². The van der Waals surface area contributed by atoms with Crippen LogP contribution in [0.3, 0.4) is 0 Å². The van der Waals surface area contributed by atoms with E-state index < -0.39 is 0 Å². The van der Waals surface area contributed by atoms with Crippen molar-refractivity contribution >= 4 is 11.9 Å². The molecule has 0 bridgehead atoms. The molecule has 1 saturated heterocycles. The maximum atomic E-state index is 11.5.